The molecule has 3 fully saturated rings. The van der Waals surface area contributed by atoms with Crippen LogP contribution < -0.4 is 10.6 Å². The first kappa shape index (κ1) is 25.3. The second kappa shape index (κ2) is 8.82. The Balaban J connectivity index is 1.98. The number of aliphatic hydroxyl groups is 1. The van der Waals surface area contributed by atoms with Gasteiger partial charge in [-0.25, -0.2) is 0 Å². The van der Waals surface area contributed by atoms with E-state index in [9.17, 15) is 19.5 Å². The van der Waals surface area contributed by atoms with Crippen LogP contribution in [0.5, 0.6) is 0 Å². The van der Waals surface area contributed by atoms with Gasteiger partial charge in [-0.2, -0.15) is 0 Å². The Morgan fingerprint density at radius 2 is 1.84 bits per heavy atom. The van der Waals surface area contributed by atoms with Crippen molar-refractivity contribution in [2.45, 2.75) is 88.8 Å². The summed E-state index contributed by atoms with van der Waals surface area (Å²) < 4.78 is -0.583. The second-order valence-corrected chi connectivity index (χ2v) is 13.3. The molecule has 3 unspecified atom stereocenters. The average Bonchev–Trinajstić information content (AvgIpc) is 3.23. The third kappa shape index (κ3) is 4.29. The molecular weight excluding hydrogens is 426 g/mol. The van der Waals surface area contributed by atoms with Crippen LogP contribution >= 0.6 is 11.8 Å². The fraction of sp³-hybridized carbons (Fsp3) is 0.875. The minimum atomic E-state index is -0.599. The molecule has 6 atom stereocenters. The molecule has 3 rings (SSSR count). The number of hydrogen-bond acceptors (Lipinski definition) is 5. The van der Waals surface area contributed by atoms with Crippen LogP contribution in [0.15, 0.2) is 0 Å². The first-order valence-corrected chi connectivity index (χ1v) is 12.8. The number of unbranched alkanes of at least 4 members (excludes halogenated alkanes) is 1. The minimum Gasteiger partial charge on any atom is -0.396 e. The van der Waals surface area contributed by atoms with Gasteiger partial charge in [0.25, 0.3) is 0 Å². The molecule has 182 valence electrons. The summed E-state index contributed by atoms with van der Waals surface area (Å²) in [7, 11) is 1.62. The molecule has 7 nitrogen and oxygen atoms in total. The van der Waals surface area contributed by atoms with Gasteiger partial charge in [0, 0.05) is 31.0 Å². The number of nitrogens with zero attached hydrogens (tertiary/aromatic N) is 1. The van der Waals surface area contributed by atoms with Crippen LogP contribution in [0.3, 0.4) is 0 Å². The maximum Gasteiger partial charge on any atom is 0.244 e. The molecule has 3 amide bonds. The van der Waals surface area contributed by atoms with Crippen LogP contribution in [-0.2, 0) is 14.4 Å². The predicted octanol–water partition coefficient (Wildman–Crippen LogP) is 2.17. The van der Waals surface area contributed by atoms with E-state index < -0.39 is 28.2 Å². The van der Waals surface area contributed by atoms with Gasteiger partial charge in [-0.05, 0) is 50.9 Å². The first-order chi connectivity index (χ1) is 14.8. The van der Waals surface area contributed by atoms with Crippen LogP contribution in [-0.4, -0.2) is 69.5 Å². The zero-order valence-corrected chi connectivity index (χ0v) is 21.5. The highest BCUT2D eigenvalue weighted by Crippen LogP contribution is 2.68. The number of rotatable bonds is 8. The lowest BCUT2D eigenvalue weighted by molar-refractivity contribution is -0.140. The summed E-state index contributed by atoms with van der Waals surface area (Å²) in [6.45, 7) is 13.1. The molecule has 0 aromatic rings. The van der Waals surface area contributed by atoms with Gasteiger partial charge in [0.2, 0.25) is 17.7 Å². The largest absolute Gasteiger partial charge is 0.396 e. The summed E-state index contributed by atoms with van der Waals surface area (Å²) in [6, 6.07) is -0.599. The summed E-state index contributed by atoms with van der Waals surface area (Å²) >= 11 is 1.70. The van der Waals surface area contributed by atoms with Crippen molar-refractivity contribution in [1.29, 1.82) is 0 Å². The Morgan fingerprint density at radius 3 is 2.41 bits per heavy atom. The zero-order valence-electron chi connectivity index (χ0n) is 20.7. The number of thioether (sulfide) groups is 1. The Morgan fingerprint density at radius 1 is 1.19 bits per heavy atom. The smallest absolute Gasteiger partial charge is 0.244 e. The van der Waals surface area contributed by atoms with Crippen molar-refractivity contribution in [3.8, 4) is 0 Å². The minimum absolute atomic E-state index is 0.0437. The summed E-state index contributed by atoms with van der Waals surface area (Å²) in [5.74, 6) is -0.995. The number of carbonyl (C=O) groups excluding carboxylic acids is 3. The van der Waals surface area contributed by atoms with E-state index in [1.807, 2.05) is 13.8 Å². The van der Waals surface area contributed by atoms with E-state index in [0.29, 0.717) is 19.4 Å². The molecular formula is C24H41N3O4S. The lowest BCUT2D eigenvalue weighted by Crippen LogP contribution is -2.60. The Kier molecular flexibility index (Phi) is 6.99. The van der Waals surface area contributed by atoms with Crippen LogP contribution in [0.25, 0.3) is 0 Å². The fourth-order valence-electron chi connectivity index (χ4n) is 6.69. The van der Waals surface area contributed by atoms with Crippen molar-refractivity contribution >= 4 is 29.5 Å². The predicted molar refractivity (Wildman–Crippen MR) is 127 cm³/mol. The molecule has 32 heavy (non-hydrogen) atoms. The number of aliphatic hydroxyl groups excluding tert-OH is 1. The number of hydrogen-bond donors (Lipinski definition) is 3. The Hall–Kier alpha value is -1.28. The molecule has 3 aliphatic heterocycles. The van der Waals surface area contributed by atoms with Crippen molar-refractivity contribution in [2.75, 3.05) is 20.2 Å². The Labute approximate surface area is 196 Å². The maximum absolute atomic E-state index is 13.9. The number of amides is 3. The molecule has 3 heterocycles. The fourth-order valence-corrected chi connectivity index (χ4v) is 9.12. The quantitative estimate of drug-likeness (QED) is 0.475. The van der Waals surface area contributed by atoms with E-state index >= 15 is 0 Å². The van der Waals surface area contributed by atoms with E-state index in [-0.39, 0.29) is 40.9 Å². The van der Waals surface area contributed by atoms with Crippen molar-refractivity contribution in [3.05, 3.63) is 0 Å². The van der Waals surface area contributed by atoms with E-state index in [0.717, 1.165) is 12.8 Å². The third-order valence-electron chi connectivity index (χ3n) is 7.28. The summed E-state index contributed by atoms with van der Waals surface area (Å²) in [4.78, 5) is 42.1. The van der Waals surface area contributed by atoms with E-state index in [1.54, 1.807) is 23.7 Å². The van der Waals surface area contributed by atoms with E-state index in [4.69, 9.17) is 0 Å². The van der Waals surface area contributed by atoms with Crippen molar-refractivity contribution in [3.63, 3.8) is 0 Å². The number of likely N-dealkylation sites (tertiary alicyclic amines) is 1. The van der Waals surface area contributed by atoms with Crippen molar-refractivity contribution in [2.24, 2.45) is 23.2 Å². The number of fused-ring (bicyclic) bond motifs is 1. The second-order valence-electron chi connectivity index (χ2n) is 11.7. The first-order valence-electron chi connectivity index (χ1n) is 11.9. The summed E-state index contributed by atoms with van der Waals surface area (Å²) in [5, 5.41) is 15.3. The monoisotopic (exact) mass is 467 g/mol. The zero-order chi connectivity index (χ0) is 24.1. The van der Waals surface area contributed by atoms with Crippen LogP contribution in [0.1, 0.15) is 67.2 Å². The van der Waals surface area contributed by atoms with Gasteiger partial charge in [0.15, 0.2) is 0 Å². The van der Waals surface area contributed by atoms with Crippen LogP contribution in [0.2, 0.25) is 0 Å². The Bertz CT molecular complexity index is 765. The molecule has 3 N–H and O–H groups in total. The van der Waals surface area contributed by atoms with Gasteiger partial charge in [-0.1, -0.05) is 27.7 Å². The van der Waals surface area contributed by atoms with Crippen molar-refractivity contribution < 1.29 is 19.5 Å². The van der Waals surface area contributed by atoms with E-state index in [1.165, 1.54) is 0 Å². The normalized spacial score (nSPS) is 34.1. The molecule has 2 bridgehead atoms. The number of carbonyl (C=O) groups is 3. The molecule has 0 aliphatic carbocycles. The SMILES string of the molecule is CNC(=O)[C@@H]1[C@@H]2CC(C)C3(S2)C(C(=O)NC(C)(C)CC(C)(C)C)N(CCCCO)C(=O)[C@H]13. The van der Waals surface area contributed by atoms with Crippen LogP contribution in [0.4, 0.5) is 0 Å². The molecule has 0 radical (unpaired) electrons. The van der Waals surface area contributed by atoms with Crippen LogP contribution in [0, 0.1) is 23.2 Å². The standard InChI is InChI=1S/C24H41N3O4S/c1-14-12-15-16(19(29)25-7)17-21(31)27(10-8-9-11-28)18(24(14,17)32-15)20(30)26-23(5,6)13-22(2,3)4/h14-18,28H,8-13H2,1-7H3,(H,25,29)(H,26,30)/t14?,15-,16+,17-,18?,24?/m0/s1. The maximum atomic E-state index is 13.9. The molecule has 0 aromatic heterocycles. The highest BCUT2D eigenvalue weighted by Gasteiger charge is 2.75. The summed E-state index contributed by atoms with van der Waals surface area (Å²) in [5.41, 5.74) is -0.378. The lowest BCUT2D eigenvalue weighted by atomic mass is 9.65. The molecule has 3 saturated heterocycles. The van der Waals surface area contributed by atoms with Gasteiger partial charge in [-0.3, -0.25) is 14.4 Å². The van der Waals surface area contributed by atoms with Gasteiger partial charge in [0.05, 0.1) is 16.6 Å². The highest BCUT2D eigenvalue weighted by atomic mass is 32.2. The molecule has 1 spiro atoms. The lowest BCUT2D eigenvalue weighted by Gasteiger charge is -2.41. The molecule has 0 saturated carbocycles. The molecule has 0 aromatic carbocycles. The number of nitrogens with one attached hydrogen (secondary N) is 2. The van der Waals surface area contributed by atoms with E-state index in [2.05, 4.69) is 38.3 Å². The summed E-state index contributed by atoms with van der Waals surface area (Å²) in [6.07, 6.45) is 2.86. The third-order valence-corrected chi connectivity index (χ3v) is 9.36. The van der Waals surface area contributed by atoms with Gasteiger partial charge in [-0.15, -0.1) is 11.8 Å². The average molecular weight is 468 g/mol. The van der Waals surface area contributed by atoms with Gasteiger partial charge in [0.1, 0.15) is 6.04 Å². The van der Waals surface area contributed by atoms with Gasteiger partial charge < -0.3 is 20.6 Å². The van der Waals surface area contributed by atoms with Gasteiger partial charge >= 0.3 is 0 Å². The highest BCUT2D eigenvalue weighted by molar-refractivity contribution is 8.02. The van der Waals surface area contributed by atoms with Crippen molar-refractivity contribution in [1.82, 2.24) is 15.5 Å². The topological polar surface area (TPSA) is 98.7 Å². The molecule has 8 heteroatoms. The molecule has 3 aliphatic rings.